The zero-order chi connectivity index (χ0) is 8.27. The number of rotatable bonds is 3. The van der Waals surface area contributed by atoms with Gasteiger partial charge in [-0.2, -0.15) is 0 Å². The summed E-state index contributed by atoms with van der Waals surface area (Å²) in [6.45, 7) is 4.56. The summed E-state index contributed by atoms with van der Waals surface area (Å²) in [6, 6.07) is 0. The summed E-state index contributed by atoms with van der Waals surface area (Å²) in [6.07, 6.45) is -0.109. The normalized spacial score (nSPS) is 29.2. The van der Waals surface area contributed by atoms with Crippen molar-refractivity contribution in [3.63, 3.8) is 0 Å². The number of nitrogens with zero attached hydrogens (tertiary/aromatic N) is 1. The molecule has 0 aromatic heterocycles. The van der Waals surface area contributed by atoms with Gasteiger partial charge in [0.15, 0.2) is 0 Å². The molecule has 1 N–H and O–H groups in total. The molecule has 0 bridgehead atoms. The van der Waals surface area contributed by atoms with Gasteiger partial charge in [0.2, 0.25) is 0 Å². The summed E-state index contributed by atoms with van der Waals surface area (Å²) in [5.74, 6) is 0.0694. The van der Waals surface area contributed by atoms with E-state index in [0.717, 1.165) is 26.1 Å². The third kappa shape index (κ3) is 2.14. The summed E-state index contributed by atoms with van der Waals surface area (Å²) in [5, 5.41) is 8.56. The number of aliphatic hydroxyl groups excluding tert-OH is 1. The lowest BCUT2D eigenvalue weighted by Gasteiger charge is -2.14. The second-order valence-corrected chi connectivity index (χ2v) is 3.14. The monoisotopic (exact) mass is 161 g/mol. The molecule has 1 aliphatic rings. The van der Waals surface area contributed by atoms with Crippen LogP contribution in [-0.4, -0.2) is 42.4 Å². The van der Waals surface area contributed by atoms with E-state index >= 15 is 0 Å². The van der Waals surface area contributed by atoms with Crippen molar-refractivity contribution in [3.05, 3.63) is 0 Å². The number of hydrogen-bond donors (Lipinski definition) is 1. The molecule has 0 amide bonds. The summed E-state index contributed by atoms with van der Waals surface area (Å²) >= 11 is 0. The first-order chi connectivity index (χ1) is 5.27. The molecular weight excluding hydrogens is 145 g/mol. The van der Waals surface area contributed by atoms with Crippen molar-refractivity contribution in [3.8, 4) is 0 Å². The maximum absolute atomic E-state index is 12.9. The Hall–Kier alpha value is -0.150. The Morgan fingerprint density at radius 2 is 2.45 bits per heavy atom. The number of alkyl halides is 1. The van der Waals surface area contributed by atoms with E-state index in [2.05, 4.69) is 11.8 Å². The molecule has 11 heavy (non-hydrogen) atoms. The van der Waals surface area contributed by atoms with Gasteiger partial charge in [-0.25, -0.2) is 4.39 Å². The molecule has 0 aromatic carbocycles. The van der Waals surface area contributed by atoms with E-state index in [9.17, 15) is 4.39 Å². The molecule has 0 spiro atoms. The molecule has 0 aliphatic carbocycles. The lowest BCUT2D eigenvalue weighted by Crippen LogP contribution is -2.25. The Bertz CT molecular complexity index is 121. The molecule has 2 nitrogen and oxygen atoms in total. The van der Waals surface area contributed by atoms with E-state index in [4.69, 9.17) is 5.11 Å². The molecular formula is C8H16FNO. The Morgan fingerprint density at radius 1 is 1.73 bits per heavy atom. The topological polar surface area (TPSA) is 23.5 Å². The van der Waals surface area contributed by atoms with Gasteiger partial charge in [0.1, 0.15) is 6.17 Å². The summed E-state index contributed by atoms with van der Waals surface area (Å²) in [5.41, 5.74) is 0. The van der Waals surface area contributed by atoms with Crippen molar-refractivity contribution in [2.24, 2.45) is 5.92 Å². The largest absolute Gasteiger partial charge is 0.393 e. The highest BCUT2D eigenvalue weighted by atomic mass is 19.1. The predicted octanol–water partition coefficient (Wildman–Crippen LogP) is 0.659. The van der Waals surface area contributed by atoms with Crippen molar-refractivity contribution in [2.75, 3.05) is 26.2 Å². The van der Waals surface area contributed by atoms with Crippen LogP contribution in [0.25, 0.3) is 0 Å². The second kappa shape index (κ2) is 4.02. The quantitative estimate of drug-likeness (QED) is 0.657. The van der Waals surface area contributed by atoms with Gasteiger partial charge in [-0.1, -0.05) is 6.92 Å². The number of halogens is 1. The molecule has 3 heteroatoms. The fourth-order valence-corrected chi connectivity index (χ4v) is 1.59. The van der Waals surface area contributed by atoms with Crippen molar-refractivity contribution >= 4 is 0 Å². The standard InChI is InChI=1S/C8H16FNO/c1-2-10-4-3-7(5-10)8(9)6-11/h7-8,11H,2-6H2,1H3. The van der Waals surface area contributed by atoms with Crippen molar-refractivity contribution in [1.82, 2.24) is 4.90 Å². The van der Waals surface area contributed by atoms with Crippen LogP contribution in [0.3, 0.4) is 0 Å². The maximum Gasteiger partial charge on any atom is 0.127 e. The van der Waals surface area contributed by atoms with E-state index < -0.39 is 6.17 Å². The first-order valence-corrected chi connectivity index (χ1v) is 4.25. The molecule has 0 radical (unpaired) electrons. The van der Waals surface area contributed by atoms with Crippen LogP contribution in [0.4, 0.5) is 4.39 Å². The van der Waals surface area contributed by atoms with E-state index in [-0.39, 0.29) is 12.5 Å². The van der Waals surface area contributed by atoms with Crippen LogP contribution in [-0.2, 0) is 0 Å². The van der Waals surface area contributed by atoms with Gasteiger partial charge >= 0.3 is 0 Å². The summed E-state index contributed by atoms with van der Waals surface area (Å²) < 4.78 is 12.9. The first-order valence-electron chi connectivity index (χ1n) is 4.25. The van der Waals surface area contributed by atoms with Crippen LogP contribution in [0.5, 0.6) is 0 Å². The Morgan fingerprint density at radius 3 is 2.91 bits per heavy atom. The fraction of sp³-hybridized carbons (Fsp3) is 1.00. The Labute approximate surface area is 67.0 Å². The van der Waals surface area contributed by atoms with Gasteiger partial charge in [0.05, 0.1) is 6.61 Å². The number of hydrogen-bond acceptors (Lipinski definition) is 2. The van der Waals surface area contributed by atoms with Crippen LogP contribution in [0, 0.1) is 5.92 Å². The van der Waals surface area contributed by atoms with E-state index in [1.165, 1.54) is 0 Å². The minimum atomic E-state index is -1.01. The smallest absolute Gasteiger partial charge is 0.127 e. The number of aliphatic hydroxyl groups is 1. The van der Waals surface area contributed by atoms with Crippen LogP contribution in [0.15, 0.2) is 0 Å². The van der Waals surface area contributed by atoms with Crippen LogP contribution >= 0.6 is 0 Å². The van der Waals surface area contributed by atoms with Crippen molar-refractivity contribution < 1.29 is 9.50 Å². The third-order valence-corrected chi connectivity index (χ3v) is 2.44. The minimum Gasteiger partial charge on any atom is -0.393 e. The molecule has 1 saturated heterocycles. The molecule has 1 heterocycles. The van der Waals surface area contributed by atoms with Gasteiger partial charge in [-0.05, 0) is 19.5 Å². The summed E-state index contributed by atoms with van der Waals surface area (Å²) in [4.78, 5) is 2.22. The van der Waals surface area contributed by atoms with Crippen molar-refractivity contribution in [1.29, 1.82) is 0 Å². The van der Waals surface area contributed by atoms with E-state index in [1.54, 1.807) is 0 Å². The Kier molecular flexibility index (Phi) is 3.27. The number of likely N-dealkylation sites (tertiary alicyclic amines) is 1. The lowest BCUT2D eigenvalue weighted by atomic mass is 10.0. The molecule has 1 rings (SSSR count). The van der Waals surface area contributed by atoms with Gasteiger partial charge in [-0.3, -0.25) is 0 Å². The third-order valence-electron chi connectivity index (χ3n) is 2.44. The van der Waals surface area contributed by atoms with Crippen LogP contribution in [0.2, 0.25) is 0 Å². The Balaban J connectivity index is 2.29. The zero-order valence-electron chi connectivity index (χ0n) is 6.96. The van der Waals surface area contributed by atoms with Gasteiger partial charge in [-0.15, -0.1) is 0 Å². The van der Waals surface area contributed by atoms with Crippen LogP contribution in [0.1, 0.15) is 13.3 Å². The van der Waals surface area contributed by atoms with Gasteiger partial charge in [0.25, 0.3) is 0 Å². The highest BCUT2D eigenvalue weighted by Gasteiger charge is 2.27. The SMILES string of the molecule is CCN1CCC(C(F)CO)C1. The fourth-order valence-electron chi connectivity index (χ4n) is 1.59. The first kappa shape index (κ1) is 8.94. The van der Waals surface area contributed by atoms with Gasteiger partial charge in [0, 0.05) is 12.5 Å². The molecule has 1 aliphatic heterocycles. The molecule has 2 atom stereocenters. The zero-order valence-corrected chi connectivity index (χ0v) is 6.96. The van der Waals surface area contributed by atoms with E-state index in [1.807, 2.05) is 0 Å². The second-order valence-electron chi connectivity index (χ2n) is 3.14. The maximum atomic E-state index is 12.9. The molecule has 0 aromatic rings. The van der Waals surface area contributed by atoms with Crippen LogP contribution < -0.4 is 0 Å². The average Bonchev–Trinajstić information content (AvgIpc) is 2.50. The molecule has 66 valence electrons. The molecule has 2 unspecified atom stereocenters. The highest BCUT2D eigenvalue weighted by Crippen LogP contribution is 2.20. The highest BCUT2D eigenvalue weighted by molar-refractivity contribution is 4.79. The summed E-state index contributed by atoms with van der Waals surface area (Å²) in [7, 11) is 0. The van der Waals surface area contributed by atoms with Crippen molar-refractivity contribution in [2.45, 2.75) is 19.5 Å². The average molecular weight is 161 g/mol. The van der Waals surface area contributed by atoms with E-state index in [0.29, 0.717) is 0 Å². The minimum absolute atomic E-state index is 0.0694. The molecule has 1 fully saturated rings. The predicted molar refractivity (Wildman–Crippen MR) is 42.2 cm³/mol. The molecule has 0 saturated carbocycles. The lowest BCUT2D eigenvalue weighted by molar-refractivity contribution is 0.127. The van der Waals surface area contributed by atoms with Gasteiger partial charge < -0.3 is 10.0 Å².